The van der Waals surface area contributed by atoms with Crippen molar-refractivity contribution in [3.63, 3.8) is 0 Å². The molecular weight excluding hydrogens is 462 g/mol. The molecular formula is C27H21N3O6. The highest BCUT2D eigenvalue weighted by Gasteiger charge is 2.14. The van der Waals surface area contributed by atoms with Crippen LogP contribution in [0.15, 0.2) is 90.0 Å². The first kappa shape index (κ1) is 24.1. The van der Waals surface area contributed by atoms with Crippen molar-refractivity contribution in [2.45, 2.75) is 6.92 Å². The van der Waals surface area contributed by atoms with Crippen molar-refractivity contribution in [1.29, 1.82) is 0 Å². The van der Waals surface area contributed by atoms with Crippen LogP contribution in [0.5, 0.6) is 11.5 Å². The number of hydrogen-bond donors (Lipinski definition) is 1. The van der Waals surface area contributed by atoms with E-state index in [4.69, 9.17) is 9.47 Å². The summed E-state index contributed by atoms with van der Waals surface area (Å²) in [6.07, 6.45) is 1.40. The number of esters is 1. The van der Waals surface area contributed by atoms with Crippen LogP contribution in [0.3, 0.4) is 0 Å². The molecule has 4 aromatic rings. The highest BCUT2D eigenvalue weighted by Crippen LogP contribution is 2.27. The second kappa shape index (κ2) is 10.9. The summed E-state index contributed by atoms with van der Waals surface area (Å²) in [7, 11) is 0. The lowest BCUT2D eigenvalue weighted by atomic mass is 10.0. The molecule has 180 valence electrons. The summed E-state index contributed by atoms with van der Waals surface area (Å²) < 4.78 is 11.1. The van der Waals surface area contributed by atoms with Crippen LogP contribution in [0.4, 0.5) is 5.69 Å². The highest BCUT2D eigenvalue weighted by atomic mass is 16.6. The van der Waals surface area contributed by atoms with Gasteiger partial charge < -0.3 is 9.47 Å². The van der Waals surface area contributed by atoms with Crippen molar-refractivity contribution in [1.82, 2.24) is 5.43 Å². The fourth-order valence-corrected chi connectivity index (χ4v) is 3.46. The lowest BCUT2D eigenvalue weighted by molar-refractivity contribution is -0.384. The van der Waals surface area contributed by atoms with Gasteiger partial charge >= 0.3 is 5.97 Å². The molecule has 36 heavy (non-hydrogen) atoms. The predicted molar refractivity (Wildman–Crippen MR) is 135 cm³/mol. The summed E-state index contributed by atoms with van der Waals surface area (Å²) in [5.74, 6) is -0.190. The third kappa shape index (κ3) is 5.53. The molecule has 0 spiro atoms. The maximum absolute atomic E-state index is 12.8. The van der Waals surface area contributed by atoms with E-state index >= 15 is 0 Å². The van der Waals surface area contributed by atoms with Crippen LogP contribution < -0.4 is 14.9 Å². The normalized spacial score (nSPS) is 10.8. The quantitative estimate of drug-likeness (QED) is 0.122. The lowest BCUT2D eigenvalue weighted by Gasteiger charge is -2.11. The maximum Gasteiger partial charge on any atom is 0.343 e. The molecule has 0 bridgehead atoms. The van der Waals surface area contributed by atoms with Gasteiger partial charge in [-0.2, -0.15) is 5.10 Å². The van der Waals surface area contributed by atoms with Gasteiger partial charge in [0, 0.05) is 23.3 Å². The first-order valence-electron chi connectivity index (χ1n) is 11.0. The van der Waals surface area contributed by atoms with E-state index in [1.807, 2.05) is 37.3 Å². The van der Waals surface area contributed by atoms with E-state index in [1.165, 1.54) is 30.5 Å². The number of fused-ring (bicyclic) bond motifs is 1. The molecule has 0 aliphatic heterocycles. The number of nitrogens with zero attached hydrogens (tertiary/aromatic N) is 2. The number of nitrogens with one attached hydrogen (secondary N) is 1. The molecule has 1 N–H and O–H groups in total. The van der Waals surface area contributed by atoms with Crippen molar-refractivity contribution >= 4 is 34.6 Å². The van der Waals surface area contributed by atoms with Crippen molar-refractivity contribution < 1.29 is 24.0 Å². The first-order chi connectivity index (χ1) is 17.5. The van der Waals surface area contributed by atoms with Crippen LogP contribution in [-0.2, 0) is 0 Å². The third-order valence-electron chi connectivity index (χ3n) is 5.23. The Hall–Kier alpha value is -5.05. The van der Waals surface area contributed by atoms with Crippen molar-refractivity contribution in [3.8, 4) is 11.5 Å². The first-order valence-corrected chi connectivity index (χ1v) is 11.0. The van der Waals surface area contributed by atoms with E-state index in [9.17, 15) is 19.7 Å². The molecule has 4 aromatic carbocycles. The van der Waals surface area contributed by atoms with E-state index in [1.54, 1.807) is 30.3 Å². The standard InChI is InChI=1S/C27H21N3O6/c1-2-35-22-14-9-20(10-15-22)27(32)36-25-16-11-18-5-3-4-6-23(18)24(25)17-28-29-26(31)19-7-12-21(13-8-19)30(33)34/h3-17H,2H2,1H3,(H,29,31). The third-order valence-corrected chi connectivity index (χ3v) is 5.23. The van der Waals surface area contributed by atoms with E-state index in [0.29, 0.717) is 23.5 Å². The van der Waals surface area contributed by atoms with Crippen LogP contribution in [0.25, 0.3) is 10.8 Å². The minimum absolute atomic E-state index is 0.121. The Labute approximate surface area is 206 Å². The van der Waals surface area contributed by atoms with Crippen LogP contribution in [-0.4, -0.2) is 29.6 Å². The van der Waals surface area contributed by atoms with Crippen LogP contribution >= 0.6 is 0 Å². The fourth-order valence-electron chi connectivity index (χ4n) is 3.46. The Morgan fingerprint density at radius 1 is 0.944 bits per heavy atom. The average molecular weight is 483 g/mol. The van der Waals surface area contributed by atoms with Crippen LogP contribution in [0.1, 0.15) is 33.2 Å². The van der Waals surface area contributed by atoms with E-state index in [2.05, 4.69) is 10.5 Å². The van der Waals surface area contributed by atoms with Gasteiger partial charge in [0.05, 0.1) is 23.3 Å². The summed E-state index contributed by atoms with van der Waals surface area (Å²) in [4.78, 5) is 35.5. The Morgan fingerprint density at radius 3 is 2.33 bits per heavy atom. The number of non-ortho nitro benzene ring substituents is 1. The van der Waals surface area contributed by atoms with Gasteiger partial charge in [0.15, 0.2) is 0 Å². The number of carbonyl (C=O) groups excluding carboxylic acids is 2. The minimum Gasteiger partial charge on any atom is -0.494 e. The second-order valence-corrected chi connectivity index (χ2v) is 7.55. The molecule has 0 fully saturated rings. The van der Waals surface area contributed by atoms with Crippen LogP contribution in [0.2, 0.25) is 0 Å². The SMILES string of the molecule is CCOc1ccc(C(=O)Oc2ccc3ccccc3c2C=NNC(=O)c2ccc([N+](=O)[O-])cc2)cc1. The van der Waals surface area contributed by atoms with Gasteiger partial charge in [0.2, 0.25) is 0 Å². The van der Waals surface area contributed by atoms with Gasteiger partial charge in [-0.3, -0.25) is 14.9 Å². The molecule has 0 aliphatic rings. The fraction of sp³-hybridized carbons (Fsp3) is 0.0741. The van der Waals surface area contributed by atoms with E-state index in [-0.39, 0.29) is 17.0 Å². The summed E-state index contributed by atoms with van der Waals surface area (Å²) in [5, 5.41) is 16.5. The zero-order valence-corrected chi connectivity index (χ0v) is 19.2. The lowest BCUT2D eigenvalue weighted by Crippen LogP contribution is -2.17. The van der Waals surface area contributed by atoms with E-state index < -0.39 is 16.8 Å². The van der Waals surface area contributed by atoms with E-state index in [0.717, 1.165) is 10.8 Å². The molecule has 0 atom stereocenters. The number of nitro groups is 1. The highest BCUT2D eigenvalue weighted by molar-refractivity contribution is 6.04. The zero-order chi connectivity index (χ0) is 25.5. The molecule has 0 radical (unpaired) electrons. The number of nitro benzene ring substituents is 1. The second-order valence-electron chi connectivity index (χ2n) is 7.55. The molecule has 0 aliphatic carbocycles. The predicted octanol–water partition coefficient (Wildman–Crippen LogP) is 5.13. The molecule has 9 nitrogen and oxygen atoms in total. The molecule has 0 heterocycles. The number of hydrazone groups is 1. The monoisotopic (exact) mass is 483 g/mol. The number of ether oxygens (including phenoxy) is 2. The summed E-state index contributed by atoms with van der Waals surface area (Å²) in [6, 6.07) is 22.7. The number of amides is 1. The summed E-state index contributed by atoms with van der Waals surface area (Å²) >= 11 is 0. The van der Waals surface area contributed by atoms with Gasteiger partial charge in [-0.25, -0.2) is 10.2 Å². The Kier molecular flexibility index (Phi) is 7.30. The molecule has 9 heteroatoms. The van der Waals surface area contributed by atoms with Gasteiger partial charge in [-0.1, -0.05) is 30.3 Å². The summed E-state index contributed by atoms with van der Waals surface area (Å²) in [5.41, 5.74) is 3.33. The molecule has 0 saturated carbocycles. The average Bonchev–Trinajstić information content (AvgIpc) is 2.90. The number of rotatable bonds is 8. The van der Waals surface area contributed by atoms with Gasteiger partial charge in [-0.05, 0) is 60.2 Å². The van der Waals surface area contributed by atoms with Crippen molar-refractivity contribution in [2.75, 3.05) is 6.61 Å². The Bertz CT molecular complexity index is 1450. The minimum atomic E-state index is -0.558. The van der Waals surface area contributed by atoms with Crippen LogP contribution in [0, 0.1) is 10.1 Å². The summed E-state index contributed by atoms with van der Waals surface area (Å²) in [6.45, 7) is 2.39. The molecule has 0 saturated heterocycles. The molecule has 1 amide bonds. The number of hydrogen-bond acceptors (Lipinski definition) is 7. The van der Waals surface area contributed by atoms with Gasteiger partial charge in [-0.15, -0.1) is 0 Å². The smallest absolute Gasteiger partial charge is 0.343 e. The maximum atomic E-state index is 12.8. The Morgan fingerprint density at radius 2 is 1.64 bits per heavy atom. The van der Waals surface area contributed by atoms with Crippen molar-refractivity contribution in [3.05, 3.63) is 112 Å². The number of benzene rings is 4. The van der Waals surface area contributed by atoms with Gasteiger partial charge in [0.1, 0.15) is 11.5 Å². The molecule has 0 aromatic heterocycles. The molecule has 0 unspecified atom stereocenters. The van der Waals surface area contributed by atoms with Gasteiger partial charge in [0.25, 0.3) is 11.6 Å². The largest absolute Gasteiger partial charge is 0.494 e. The number of carbonyl (C=O) groups is 2. The Balaban J connectivity index is 1.56. The molecule has 4 rings (SSSR count). The topological polar surface area (TPSA) is 120 Å². The zero-order valence-electron chi connectivity index (χ0n) is 19.2. The van der Waals surface area contributed by atoms with Crippen molar-refractivity contribution in [2.24, 2.45) is 5.10 Å².